The maximum Gasteiger partial charge on any atom is 1.00 e. The molecule has 5 heteroatoms. The van der Waals surface area contributed by atoms with Crippen molar-refractivity contribution in [2.24, 2.45) is 5.92 Å². The van der Waals surface area contributed by atoms with E-state index in [0.717, 1.165) is 25.7 Å². The van der Waals surface area contributed by atoms with E-state index in [2.05, 4.69) is 19.1 Å². The van der Waals surface area contributed by atoms with Crippen molar-refractivity contribution in [2.45, 2.75) is 122 Å². The van der Waals surface area contributed by atoms with E-state index >= 15 is 0 Å². The van der Waals surface area contributed by atoms with Crippen LogP contribution < -0.4 is 34.7 Å². The van der Waals surface area contributed by atoms with Gasteiger partial charge in [-0.05, 0) is 25.7 Å². The summed E-state index contributed by atoms with van der Waals surface area (Å²) in [4.78, 5) is 21.5. The first-order chi connectivity index (χ1) is 13.6. The van der Waals surface area contributed by atoms with Crippen molar-refractivity contribution in [1.29, 1.82) is 0 Å². The normalized spacial score (nSPS) is 12.0. The largest absolute Gasteiger partial charge is 1.00 e. The van der Waals surface area contributed by atoms with Crippen molar-refractivity contribution in [2.75, 3.05) is 0 Å². The fourth-order valence-corrected chi connectivity index (χ4v) is 3.57. The number of unbranched alkanes of at least 4 members (excludes halogenated alkanes) is 14. The van der Waals surface area contributed by atoms with Crippen LogP contribution in [-0.2, 0) is 9.59 Å². The zero-order valence-corrected chi connectivity index (χ0v) is 21.1. The molecule has 0 aliphatic heterocycles. The van der Waals surface area contributed by atoms with Crippen LogP contribution in [-0.4, -0.2) is 17.0 Å². The molecule has 4 nitrogen and oxygen atoms in total. The predicted molar refractivity (Wildman–Crippen MR) is 114 cm³/mol. The first-order valence-electron chi connectivity index (χ1n) is 11.7. The number of allylic oxidation sites excluding steroid dienone is 2. The molecule has 0 radical (unpaired) electrons. The maximum absolute atomic E-state index is 11.0. The molecule has 29 heavy (non-hydrogen) atoms. The Morgan fingerprint density at radius 2 is 1.17 bits per heavy atom. The first-order valence-corrected chi connectivity index (χ1v) is 11.7. The molecule has 1 N–H and O–H groups in total. The van der Waals surface area contributed by atoms with Gasteiger partial charge in [0.2, 0.25) is 0 Å². The van der Waals surface area contributed by atoms with Crippen molar-refractivity contribution in [3.63, 3.8) is 0 Å². The Bertz CT molecular complexity index is 410. The van der Waals surface area contributed by atoms with E-state index in [1.54, 1.807) is 0 Å². The molecule has 1 unspecified atom stereocenters. The Balaban J connectivity index is 0. The number of carbonyl (C=O) groups excluding carboxylic acids is 1. The third-order valence-corrected chi connectivity index (χ3v) is 5.34. The number of carboxylic acids is 2. The van der Waals surface area contributed by atoms with Gasteiger partial charge in [-0.25, -0.2) is 0 Å². The number of carboxylic acid groups (broad SMARTS) is 2. The van der Waals surface area contributed by atoms with Crippen LogP contribution in [0.5, 0.6) is 0 Å². The number of hydrogen-bond acceptors (Lipinski definition) is 3. The van der Waals surface area contributed by atoms with Crippen molar-refractivity contribution in [3.05, 3.63) is 12.2 Å². The summed E-state index contributed by atoms with van der Waals surface area (Å²) < 4.78 is 0. The molecule has 0 bridgehead atoms. The Morgan fingerprint density at radius 1 is 0.759 bits per heavy atom. The van der Waals surface area contributed by atoms with E-state index in [1.807, 2.05) is 0 Å². The Morgan fingerprint density at radius 3 is 1.55 bits per heavy atom. The van der Waals surface area contributed by atoms with E-state index in [4.69, 9.17) is 5.11 Å². The summed E-state index contributed by atoms with van der Waals surface area (Å²) in [5.74, 6) is -3.08. The minimum absolute atomic E-state index is 0. The van der Waals surface area contributed by atoms with Crippen LogP contribution in [0.4, 0.5) is 0 Å². The van der Waals surface area contributed by atoms with Crippen LogP contribution in [0.15, 0.2) is 12.2 Å². The van der Waals surface area contributed by atoms with Crippen LogP contribution in [0.1, 0.15) is 122 Å². The van der Waals surface area contributed by atoms with E-state index in [-0.39, 0.29) is 36.0 Å². The van der Waals surface area contributed by atoms with Gasteiger partial charge in [-0.15, -0.1) is 0 Å². The van der Waals surface area contributed by atoms with Gasteiger partial charge < -0.3 is 15.0 Å². The molecule has 0 aliphatic carbocycles. The average molecular weight is 419 g/mol. The van der Waals surface area contributed by atoms with Gasteiger partial charge in [0, 0.05) is 12.4 Å². The summed E-state index contributed by atoms with van der Waals surface area (Å²) in [5.41, 5.74) is 0. The molecular weight excluding hydrogens is 375 g/mol. The predicted octanol–water partition coefficient (Wildman–Crippen LogP) is 3.04. The second kappa shape index (κ2) is 24.0. The molecule has 0 heterocycles. The third-order valence-electron chi connectivity index (χ3n) is 5.34. The molecule has 0 spiro atoms. The van der Waals surface area contributed by atoms with E-state index in [1.165, 1.54) is 77.0 Å². The Labute approximate surface area is 201 Å². The minimum Gasteiger partial charge on any atom is -0.550 e. The summed E-state index contributed by atoms with van der Waals surface area (Å²) in [6.45, 7) is 2.18. The van der Waals surface area contributed by atoms with Crippen molar-refractivity contribution >= 4 is 11.9 Å². The van der Waals surface area contributed by atoms with Crippen molar-refractivity contribution < 1.29 is 49.4 Å². The molecule has 0 aromatic heterocycles. The number of carbonyl (C=O) groups is 2. The summed E-state index contributed by atoms with van der Waals surface area (Å²) in [6, 6.07) is 0. The molecular formula is C24H43NaO4. The third kappa shape index (κ3) is 23.8. The zero-order chi connectivity index (χ0) is 20.9. The number of rotatable bonds is 21. The van der Waals surface area contributed by atoms with Gasteiger partial charge in [0.05, 0.1) is 5.92 Å². The number of aliphatic carboxylic acids is 2. The van der Waals surface area contributed by atoms with Crippen LogP contribution >= 0.6 is 0 Å². The maximum atomic E-state index is 11.0. The monoisotopic (exact) mass is 418 g/mol. The van der Waals surface area contributed by atoms with Gasteiger partial charge in [0.25, 0.3) is 0 Å². The SMILES string of the molecule is CC/C=C/CCCCCCCCCCCCCCCCC(CC(=O)[O-])C(=O)O.[Na+]. The van der Waals surface area contributed by atoms with Gasteiger partial charge >= 0.3 is 35.5 Å². The minimum atomic E-state index is -1.27. The molecule has 0 rings (SSSR count). The quantitative estimate of drug-likeness (QED) is 0.177. The Kier molecular flexibility index (Phi) is 25.5. The van der Waals surface area contributed by atoms with Gasteiger partial charge in [0.1, 0.15) is 0 Å². The fraction of sp³-hybridized carbons (Fsp3) is 0.833. The van der Waals surface area contributed by atoms with E-state index in [0.29, 0.717) is 6.42 Å². The van der Waals surface area contributed by atoms with Gasteiger partial charge in [-0.3, -0.25) is 4.79 Å². The van der Waals surface area contributed by atoms with E-state index in [9.17, 15) is 14.7 Å². The standard InChI is InChI=1S/C24H44O4.Na/c1-2-3-4-5-6-7-8-9-10-11-12-13-14-15-16-17-18-19-20-22(24(27)28)21-23(25)26;/h3-4,22H,2,5-21H2,1H3,(H,25,26)(H,27,28);/q;+1/p-1/b4-3+;. The molecule has 0 saturated heterocycles. The zero-order valence-electron chi connectivity index (χ0n) is 19.1. The molecule has 0 aromatic rings. The molecule has 0 fully saturated rings. The van der Waals surface area contributed by atoms with Crippen LogP contribution in [0.2, 0.25) is 0 Å². The average Bonchev–Trinajstić information content (AvgIpc) is 2.65. The first kappa shape index (κ1) is 30.9. The summed E-state index contributed by atoms with van der Waals surface area (Å²) in [5, 5.41) is 19.5. The molecule has 1 atom stereocenters. The fourth-order valence-electron chi connectivity index (χ4n) is 3.57. The molecule has 164 valence electrons. The van der Waals surface area contributed by atoms with Gasteiger partial charge in [-0.2, -0.15) is 0 Å². The summed E-state index contributed by atoms with van der Waals surface area (Å²) >= 11 is 0. The molecule has 0 amide bonds. The number of hydrogen-bond donors (Lipinski definition) is 1. The van der Waals surface area contributed by atoms with Crippen molar-refractivity contribution in [3.8, 4) is 0 Å². The van der Waals surface area contributed by atoms with Crippen LogP contribution in [0.25, 0.3) is 0 Å². The molecule has 0 saturated carbocycles. The van der Waals surface area contributed by atoms with Crippen molar-refractivity contribution in [1.82, 2.24) is 0 Å². The summed E-state index contributed by atoms with van der Waals surface area (Å²) in [7, 11) is 0. The van der Waals surface area contributed by atoms with Crippen LogP contribution in [0, 0.1) is 5.92 Å². The molecule has 0 aliphatic rings. The van der Waals surface area contributed by atoms with Gasteiger partial charge in [-0.1, -0.05) is 103 Å². The van der Waals surface area contributed by atoms with E-state index < -0.39 is 17.9 Å². The van der Waals surface area contributed by atoms with Crippen LogP contribution in [0.3, 0.4) is 0 Å². The topological polar surface area (TPSA) is 77.4 Å². The molecule has 0 aromatic carbocycles. The van der Waals surface area contributed by atoms with Gasteiger partial charge in [0.15, 0.2) is 0 Å². The summed E-state index contributed by atoms with van der Waals surface area (Å²) in [6.07, 6.45) is 24.6. The second-order valence-corrected chi connectivity index (χ2v) is 8.02. The second-order valence-electron chi connectivity index (χ2n) is 8.02. The smallest absolute Gasteiger partial charge is 0.550 e. The Hall–Kier alpha value is -0.320.